The van der Waals surface area contributed by atoms with E-state index < -0.39 is 0 Å². The van der Waals surface area contributed by atoms with Crippen molar-refractivity contribution in [3.8, 4) is 0 Å². The van der Waals surface area contributed by atoms with Crippen LogP contribution >= 0.6 is 27.3 Å². The van der Waals surface area contributed by atoms with Gasteiger partial charge in [-0.3, -0.25) is 0 Å². The molecule has 1 unspecified atom stereocenters. The van der Waals surface area contributed by atoms with Gasteiger partial charge < -0.3 is 5.32 Å². The van der Waals surface area contributed by atoms with Gasteiger partial charge in [0.05, 0.1) is 10.7 Å². The number of hydrogen-bond acceptors (Lipinski definition) is 3. The summed E-state index contributed by atoms with van der Waals surface area (Å²) in [6.07, 6.45) is 0.920. The molecule has 0 aliphatic rings. The SMILES string of the molecule is CNC(Cc1csc(C)n1)c1ccccc1Br. The zero-order valence-corrected chi connectivity index (χ0v) is 12.3. The van der Waals surface area contributed by atoms with Crippen molar-refractivity contribution in [1.29, 1.82) is 0 Å². The second kappa shape index (κ2) is 5.76. The fourth-order valence-corrected chi connectivity index (χ4v) is 3.02. The Balaban J connectivity index is 2.20. The maximum Gasteiger partial charge on any atom is 0.0897 e. The van der Waals surface area contributed by atoms with Crippen molar-refractivity contribution in [2.75, 3.05) is 7.05 Å². The molecular formula is C13H15BrN2S. The van der Waals surface area contributed by atoms with E-state index in [1.165, 1.54) is 5.56 Å². The molecule has 2 rings (SSSR count). The van der Waals surface area contributed by atoms with Crippen LogP contribution in [0.4, 0.5) is 0 Å². The standard InChI is InChI=1S/C13H15BrN2S/c1-9-16-10(8-17-9)7-13(15-2)11-5-3-4-6-12(11)14/h3-6,8,13,15H,7H2,1-2H3. The van der Waals surface area contributed by atoms with Crippen LogP contribution in [0.5, 0.6) is 0 Å². The van der Waals surface area contributed by atoms with Crippen molar-refractivity contribution in [2.45, 2.75) is 19.4 Å². The Morgan fingerprint density at radius 3 is 2.76 bits per heavy atom. The normalized spacial score (nSPS) is 12.6. The number of aromatic nitrogens is 1. The Morgan fingerprint density at radius 2 is 2.18 bits per heavy atom. The second-order valence-corrected chi connectivity index (χ2v) is 5.84. The van der Waals surface area contributed by atoms with E-state index in [4.69, 9.17) is 0 Å². The zero-order chi connectivity index (χ0) is 12.3. The van der Waals surface area contributed by atoms with Crippen molar-refractivity contribution in [2.24, 2.45) is 0 Å². The number of nitrogens with one attached hydrogen (secondary N) is 1. The molecule has 17 heavy (non-hydrogen) atoms. The molecule has 1 atom stereocenters. The average Bonchev–Trinajstić information content (AvgIpc) is 2.73. The molecule has 4 heteroatoms. The highest BCUT2D eigenvalue weighted by Gasteiger charge is 2.14. The van der Waals surface area contributed by atoms with Crippen LogP contribution < -0.4 is 5.32 Å². The van der Waals surface area contributed by atoms with Crippen LogP contribution in [0.2, 0.25) is 0 Å². The zero-order valence-electron chi connectivity index (χ0n) is 9.90. The highest BCUT2D eigenvalue weighted by molar-refractivity contribution is 9.10. The summed E-state index contributed by atoms with van der Waals surface area (Å²) in [5.74, 6) is 0. The Kier molecular flexibility index (Phi) is 4.31. The minimum atomic E-state index is 0.298. The third-order valence-corrected chi connectivity index (χ3v) is 4.25. The molecule has 0 amide bonds. The summed E-state index contributed by atoms with van der Waals surface area (Å²) in [7, 11) is 1.99. The summed E-state index contributed by atoms with van der Waals surface area (Å²) in [6.45, 7) is 2.04. The molecule has 90 valence electrons. The molecule has 0 saturated carbocycles. The predicted octanol–water partition coefficient (Wildman–Crippen LogP) is 3.72. The fraction of sp³-hybridized carbons (Fsp3) is 0.308. The van der Waals surface area contributed by atoms with E-state index in [0.29, 0.717) is 6.04 Å². The monoisotopic (exact) mass is 310 g/mol. The van der Waals surface area contributed by atoms with Crippen molar-refractivity contribution in [1.82, 2.24) is 10.3 Å². The Hall–Kier alpha value is -0.710. The first kappa shape index (κ1) is 12.7. The van der Waals surface area contributed by atoms with Gasteiger partial charge in [-0.1, -0.05) is 34.1 Å². The first-order chi connectivity index (χ1) is 8.20. The second-order valence-electron chi connectivity index (χ2n) is 3.92. The van der Waals surface area contributed by atoms with E-state index in [2.05, 4.69) is 49.8 Å². The largest absolute Gasteiger partial charge is 0.313 e. The van der Waals surface area contributed by atoms with Crippen molar-refractivity contribution in [3.63, 3.8) is 0 Å². The minimum absolute atomic E-state index is 0.298. The lowest BCUT2D eigenvalue weighted by Crippen LogP contribution is -2.19. The number of rotatable bonds is 4. The van der Waals surface area contributed by atoms with Crippen LogP contribution in [0.1, 0.15) is 22.3 Å². The molecule has 1 N–H and O–H groups in total. The average molecular weight is 311 g/mol. The first-order valence-electron chi connectivity index (χ1n) is 5.53. The molecule has 2 aromatic rings. The molecule has 0 bridgehead atoms. The molecule has 1 heterocycles. The summed E-state index contributed by atoms with van der Waals surface area (Å²) in [4.78, 5) is 4.52. The number of benzene rings is 1. The van der Waals surface area contributed by atoms with Gasteiger partial charge in [-0.25, -0.2) is 4.98 Å². The Morgan fingerprint density at radius 1 is 1.41 bits per heavy atom. The third-order valence-electron chi connectivity index (χ3n) is 2.71. The fourth-order valence-electron chi connectivity index (χ4n) is 1.84. The molecule has 2 nitrogen and oxygen atoms in total. The molecule has 0 aliphatic carbocycles. The van der Waals surface area contributed by atoms with Crippen molar-refractivity contribution in [3.05, 3.63) is 50.4 Å². The Bertz CT molecular complexity index is 496. The van der Waals surface area contributed by atoms with Crippen LogP contribution in [0.15, 0.2) is 34.1 Å². The number of halogens is 1. The van der Waals surface area contributed by atoms with E-state index >= 15 is 0 Å². The summed E-state index contributed by atoms with van der Waals surface area (Å²) in [5, 5.41) is 6.61. The highest BCUT2D eigenvalue weighted by atomic mass is 79.9. The molecule has 1 aromatic carbocycles. The van der Waals surface area contributed by atoms with Gasteiger partial charge in [-0.05, 0) is 25.6 Å². The van der Waals surface area contributed by atoms with E-state index in [1.807, 2.05) is 20.0 Å². The topological polar surface area (TPSA) is 24.9 Å². The van der Waals surface area contributed by atoms with Crippen LogP contribution in [0.25, 0.3) is 0 Å². The lowest BCUT2D eigenvalue weighted by atomic mass is 10.0. The van der Waals surface area contributed by atoms with Gasteiger partial charge in [0.15, 0.2) is 0 Å². The molecule has 0 aliphatic heterocycles. The maximum absolute atomic E-state index is 4.52. The quantitative estimate of drug-likeness (QED) is 0.931. The molecule has 1 aromatic heterocycles. The van der Waals surface area contributed by atoms with Gasteiger partial charge in [0, 0.05) is 22.3 Å². The Labute approximate surface area is 114 Å². The summed E-state index contributed by atoms with van der Waals surface area (Å²) in [6, 6.07) is 8.62. The first-order valence-corrected chi connectivity index (χ1v) is 7.20. The van der Waals surface area contributed by atoms with Crippen LogP contribution in [0, 0.1) is 6.92 Å². The molecule has 0 fully saturated rings. The van der Waals surface area contributed by atoms with Gasteiger partial charge in [0.1, 0.15) is 0 Å². The van der Waals surface area contributed by atoms with Crippen molar-refractivity contribution >= 4 is 27.3 Å². The summed E-state index contributed by atoms with van der Waals surface area (Å²) in [5.41, 5.74) is 2.43. The van der Waals surface area contributed by atoms with Crippen LogP contribution in [-0.4, -0.2) is 12.0 Å². The van der Waals surface area contributed by atoms with Gasteiger partial charge in [0.25, 0.3) is 0 Å². The smallest absolute Gasteiger partial charge is 0.0897 e. The molecular weight excluding hydrogens is 296 g/mol. The lowest BCUT2D eigenvalue weighted by molar-refractivity contribution is 0.583. The molecule has 0 saturated heterocycles. The summed E-state index contributed by atoms with van der Waals surface area (Å²) < 4.78 is 1.14. The van der Waals surface area contributed by atoms with E-state index in [1.54, 1.807) is 11.3 Å². The number of nitrogens with zero attached hydrogens (tertiary/aromatic N) is 1. The van der Waals surface area contributed by atoms with Gasteiger partial charge in [0.2, 0.25) is 0 Å². The number of aryl methyl sites for hydroxylation is 1. The number of likely N-dealkylation sites (N-methyl/N-ethyl adjacent to an activating group) is 1. The van der Waals surface area contributed by atoms with Gasteiger partial charge in [-0.2, -0.15) is 0 Å². The molecule has 0 spiro atoms. The van der Waals surface area contributed by atoms with Crippen LogP contribution in [0.3, 0.4) is 0 Å². The minimum Gasteiger partial charge on any atom is -0.313 e. The lowest BCUT2D eigenvalue weighted by Gasteiger charge is -2.17. The predicted molar refractivity (Wildman–Crippen MR) is 76.5 cm³/mol. The van der Waals surface area contributed by atoms with Crippen molar-refractivity contribution < 1.29 is 0 Å². The van der Waals surface area contributed by atoms with E-state index in [0.717, 1.165) is 21.6 Å². The van der Waals surface area contributed by atoms with Gasteiger partial charge >= 0.3 is 0 Å². The van der Waals surface area contributed by atoms with E-state index in [-0.39, 0.29) is 0 Å². The molecule has 0 radical (unpaired) electrons. The number of thiazole rings is 1. The highest BCUT2D eigenvalue weighted by Crippen LogP contribution is 2.26. The maximum atomic E-state index is 4.52. The third kappa shape index (κ3) is 3.15. The van der Waals surface area contributed by atoms with Crippen LogP contribution in [-0.2, 0) is 6.42 Å². The summed E-state index contributed by atoms with van der Waals surface area (Å²) >= 11 is 5.30. The van der Waals surface area contributed by atoms with E-state index in [9.17, 15) is 0 Å². The number of hydrogen-bond donors (Lipinski definition) is 1. The van der Waals surface area contributed by atoms with Gasteiger partial charge in [-0.15, -0.1) is 11.3 Å².